The van der Waals surface area contributed by atoms with E-state index in [1.54, 1.807) is 13.0 Å². The Bertz CT molecular complexity index is 1220. The number of aryl methyl sites for hydroxylation is 2. The number of anilines is 1. The second kappa shape index (κ2) is 8.33. The molecule has 0 unspecified atom stereocenters. The molecule has 1 aromatic heterocycles. The van der Waals surface area contributed by atoms with Crippen molar-refractivity contribution < 1.29 is 31.5 Å². The van der Waals surface area contributed by atoms with Crippen LogP contribution in [0.3, 0.4) is 0 Å². The van der Waals surface area contributed by atoms with E-state index in [1.807, 2.05) is 6.07 Å². The molecule has 4 nitrogen and oxygen atoms in total. The molecule has 8 heteroatoms. The molecule has 4 rings (SSSR count). The number of carbonyl (C=O) groups is 1. The van der Waals surface area contributed by atoms with Crippen LogP contribution in [0.1, 0.15) is 42.2 Å². The van der Waals surface area contributed by atoms with Gasteiger partial charge in [-0.25, -0.2) is 4.39 Å². The standard InChI is InChI=1S/C24H21F4NO3/c1-13(9-23(30)29-14-7-8-19(25)18(10-14)24(26,27)28)16-11-17-15-5-3-4-6-20(15)32-22(17)12-21(16)31-2/h7-12H,3-6H2,1-2H3,(H,29,30)/b13-9+. The van der Waals surface area contributed by atoms with Gasteiger partial charge in [-0.2, -0.15) is 13.2 Å². The molecular formula is C24H21F4NO3. The lowest BCUT2D eigenvalue weighted by Gasteiger charge is -2.12. The summed E-state index contributed by atoms with van der Waals surface area (Å²) in [7, 11) is 1.51. The zero-order valence-electron chi connectivity index (χ0n) is 17.5. The minimum Gasteiger partial charge on any atom is -0.496 e. The van der Waals surface area contributed by atoms with Crippen molar-refractivity contribution in [3.8, 4) is 5.75 Å². The number of benzene rings is 2. The number of allylic oxidation sites excluding steroid dienone is 1. The van der Waals surface area contributed by atoms with E-state index < -0.39 is 23.5 Å². The summed E-state index contributed by atoms with van der Waals surface area (Å²) in [5.41, 5.74) is 1.54. The van der Waals surface area contributed by atoms with Gasteiger partial charge < -0.3 is 14.5 Å². The Morgan fingerprint density at radius 1 is 1.16 bits per heavy atom. The van der Waals surface area contributed by atoms with Crippen molar-refractivity contribution in [1.29, 1.82) is 0 Å². The molecule has 3 aromatic rings. The van der Waals surface area contributed by atoms with Crippen molar-refractivity contribution in [3.05, 3.63) is 64.7 Å². The zero-order valence-corrected chi connectivity index (χ0v) is 17.5. The van der Waals surface area contributed by atoms with Gasteiger partial charge >= 0.3 is 6.18 Å². The molecule has 0 atom stereocenters. The lowest BCUT2D eigenvalue weighted by Crippen LogP contribution is -2.12. The number of ether oxygens (including phenoxy) is 1. The predicted molar refractivity (Wildman–Crippen MR) is 113 cm³/mol. The molecule has 1 N–H and O–H groups in total. The molecule has 32 heavy (non-hydrogen) atoms. The smallest absolute Gasteiger partial charge is 0.419 e. The van der Waals surface area contributed by atoms with Gasteiger partial charge in [0.1, 0.15) is 22.9 Å². The molecule has 2 aromatic carbocycles. The Morgan fingerprint density at radius 2 is 1.91 bits per heavy atom. The summed E-state index contributed by atoms with van der Waals surface area (Å²) in [6.07, 6.45) is 0.378. The SMILES string of the molecule is COc1cc2oc3c(c2cc1/C(C)=C/C(=O)Nc1ccc(F)c(C(F)(F)F)c1)CCCC3. The number of carbonyl (C=O) groups excluding carboxylic acids is 1. The van der Waals surface area contributed by atoms with Gasteiger partial charge in [-0.15, -0.1) is 0 Å². The first-order chi connectivity index (χ1) is 15.2. The van der Waals surface area contributed by atoms with E-state index in [2.05, 4.69) is 5.32 Å². The molecule has 0 saturated carbocycles. The van der Waals surface area contributed by atoms with Gasteiger partial charge in [0, 0.05) is 40.8 Å². The minimum atomic E-state index is -4.86. The Balaban J connectivity index is 1.64. The van der Waals surface area contributed by atoms with Crippen LogP contribution in [0.15, 0.2) is 40.8 Å². The molecule has 0 fully saturated rings. The number of hydrogen-bond acceptors (Lipinski definition) is 3. The maximum atomic E-state index is 13.5. The maximum Gasteiger partial charge on any atom is 0.419 e. The summed E-state index contributed by atoms with van der Waals surface area (Å²) >= 11 is 0. The Morgan fingerprint density at radius 3 is 2.62 bits per heavy atom. The molecule has 0 spiro atoms. The van der Waals surface area contributed by atoms with E-state index in [-0.39, 0.29) is 5.69 Å². The number of methoxy groups -OCH3 is 1. The summed E-state index contributed by atoms with van der Waals surface area (Å²) in [5.74, 6) is -0.546. The Labute approximate surface area is 181 Å². The van der Waals surface area contributed by atoms with E-state index in [0.717, 1.165) is 48.5 Å². The topological polar surface area (TPSA) is 51.5 Å². The first-order valence-electron chi connectivity index (χ1n) is 10.2. The molecular weight excluding hydrogens is 426 g/mol. The van der Waals surface area contributed by atoms with E-state index in [1.165, 1.54) is 18.7 Å². The number of nitrogens with one attached hydrogen (secondary N) is 1. The normalized spacial score (nSPS) is 14.4. The third-order valence-electron chi connectivity index (χ3n) is 5.59. The first kappa shape index (κ1) is 21.9. The van der Waals surface area contributed by atoms with Gasteiger partial charge in [0.25, 0.3) is 0 Å². The van der Waals surface area contributed by atoms with Crippen LogP contribution in [0.5, 0.6) is 5.75 Å². The van der Waals surface area contributed by atoms with Crippen molar-refractivity contribution in [2.45, 2.75) is 38.8 Å². The van der Waals surface area contributed by atoms with Crippen molar-refractivity contribution in [2.24, 2.45) is 0 Å². The van der Waals surface area contributed by atoms with Crippen LogP contribution in [0.2, 0.25) is 0 Å². The van der Waals surface area contributed by atoms with Crippen molar-refractivity contribution in [1.82, 2.24) is 0 Å². The van der Waals surface area contributed by atoms with Crippen LogP contribution in [0.4, 0.5) is 23.2 Å². The molecule has 1 amide bonds. The van der Waals surface area contributed by atoms with Crippen molar-refractivity contribution in [3.63, 3.8) is 0 Å². The number of fused-ring (bicyclic) bond motifs is 3. The molecule has 168 valence electrons. The predicted octanol–water partition coefficient (Wildman–Crippen LogP) is 6.52. The van der Waals surface area contributed by atoms with Gasteiger partial charge in [0.2, 0.25) is 5.91 Å². The maximum absolute atomic E-state index is 13.5. The summed E-state index contributed by atoms with van der Waals surface area (Å²) in [6, 6.07) is 6.03. The largest absolute Gasteiger partial charge is 0.496 e. The third kappa shape index (κ3) is 4.22. The number of rotatable bonds is 4. The Hall–Kier alpha value is -3.29. The second-order valence-electron chi connectivity index (χ2n) is 7.77. The second-order valence-corrected chi connectivity index (χ2v) is 7.77. The molecule has 1 aliphatic carbocycles. The van der Waals surface area contributed by atoms with Crippen LogP contribution in [-0.2, 0) is 23.8 Å². The zero-order chi connectivity index (χ0) is 23.0. The van der Waals surface area contributed by atoms with E-state index in [0.29, 0.717) is 29.0 Å². The van der Waals surface area contributed by atoms with Crippen LogP contribution in [0.25, 0.3) is 16.5 Å². The average molecular weight is 447 g/mol. The monoisotopic (exact) mass is 447 g/mol. The highest BCUT2D eigenvalue weighted by Crippen LogP contribution is 2.38. The van der Waals surface area contributed by atoms with E-state index in [4.69, 9.17) is 9.15 Å². The minimum absolute atomic E-state index is 0.154. The number of furan rings is 1. The van der Waals surface area contributed by atoms with Crippen molar-refractivity contribution in [2.75, 3.05) is 12.4 Å². The highest BCUT2D eigenvalue weighted by atomic mass is 19.4. The molecule has 0 bridgehead atoms. The fourth-order valence-electron chi connectivity index (χ4n) is 4.04. The van der Waals surface area contributed by atoms with Crippen LogP contribution in [0, 0.1) is 5.82 Å². The van der Waals surface area contributed by atoms with Gasteiger partial charge in [-0.1, -0.05) is 0 Å². The molecule has 0 saturated heterocycles. The van der Waals surface area contributed by atoms with Gasteiger partial charge in [-0.05, 0) is 56.0 Å². The van der Waals surface area contributed by atoms with Crippen molar-refractivity contribution >= 4 is 28.1 Å². The Kier molecular flexibility index (Phi) is 5.71. The molecule has 1 aliphatic rings. The summed E-state index contributed by atoms with van der Waals surface area (Å²) in [5, 5.41) is 3.33. The summed E-state index contributed by atoms with van der Waals surface area (Å²) in [6.45, 7) is 1.71. The number of halogens is 4. The lowest BCUT2D eigenvalue weighted by atomic mass is 9.94. The van der Waals surface area contributed by atoms with Crippen LogP contribution >= 0.6 is 0 Å². The highest BCUT2D eigenvalue weighted by molar-refractivity contribution is 6.04. The quantitative estimate of drug-likeness (QED) is 0.366. The number of amides is 1. The van der Waals surface area contributed by atoms with Crippen LogP contribution < -0.4 is 10.1 Å². The summed E-state index contributed by atoms with van der Waals surface area (Å²) in [4.78, 5) is 12.5. The lowest BCUT2D eigenvalue weighted by molar-refractivity contribution is -0.140. The molecule has 0 aliphatic heterocycles. The fourth-order valence-corrected chi connectivity index (χ4v) is 4.04. The summed E-state index contributed by atoms with van der Waals surface area (Å²) < 4.78 is 63.7. The highest BCUT2D eigenvalue weighted by Gasteiger charge is 2.34. The van der Waals surface area contributed by atoms with Gasteiger partial charge in [0.15, 0.2) is 0 Å². The molecule has 0 radical (unpaired) electrons. The first-order valence-corrected chi connectivity index (χ1v) is 10.2. The number of hydrogen-bond donors (Lipinski definition) is 1. The molecule has 1 heterocycles. The average Bonchev–Trinajstić information content (AvgIpc) is 3.10. The van der Waals surface area contributed by atoms with E-state index in [9.17, 15) is 22.4 Å². The van der Waals surface area contributed by atoms with E-state index >= 15 is 0 Å². The third-order valence-corrected chi connectivity index (χ3v) is 5.59. The van der Waals surface area contributed by atoms with Gasteiger partial charge in [-0.3, -0.25) is 4.79 Å². The fraction of sp³-hybridized carbons (Fsp3) is 0.292. The van der Waals surface area contributed by atoms with Gasteiger partial charge in [0.05, 0.1) is 12.7 Å². The van der Waals surface area contributed by atoms with Crippen LogP contribution in [-0.4, -0.2) is 13.0 Å². The number of alkyl halides is 3.